The van der Waals surface area contributed by atoms with Gasteiger partial charge in [0.15, 0.2) is 6.61 Å². The second-order valence-corrected chi connectivity index (χ2v) is 7.59. The number of para-hydroxylation sites is 1. The molecular weight excluding hydrogens is 386 g/mol. The molecule has 3 atom stereocenters. The Bertz CT molecular complexity index is 851. The minimum absolute atomic E-state index is 0.0182. The average Bonchev–Trinajstić information content (AvgIpc) is 2.61. The van der Waals surface area contributed by atoms with E-state index in [0.29, 0.717) is 5.75 Å². The summed E-state index contributed by atoms with van der Waals surface area (Å²) in [7, 11) is 0. The number of nitrogens with zero attached hydrogens (tertiary/aromatic N) is 1. The number of ether oxygens (including phenoxy) is 1. The summed E-state index contributed by atoms with van der Waals surface area (Å²) >= 11 is 3.39. The van der Waals surface area contributed by atoms with E-state index < -0.39 is 17.4 Å². The lowest BCUT2D eigenvalue weighted by Crippen LogP contribution is -2.59. The molecule has 0 radical (unpaired) electrons. The van der Waals surface area contributed by atoms with Gasteiger partial charge in [-0.2, -0.15) is 0 Å². The molecule has 3 unspecified atom stereocenters. The Hall–Kier alpha value is -2.21. The number of halogens is 1. The van der Waals surface area contributed by atoms with Gasteiger partial charge < -0.3 is 4.74 Å². The van der Waals surface area contributed by atoms with E-state index in [1.807, 2.05) is 48.5 Å². The summed E-state index contributed by atoms with van der Waals surface area (Å²) in [6.07, 6.45) is 0.360. The fourth-order valence-corrected chi connectivity index (χ4v) is 4.48. The summed E-state index contributed by atoms with van der Waals surface area (Å²) in [6.45, 7) is -0.0182. The first-order valence-corrected chi connectivity index (χ1v) is 8.95. The molecule has 0 bridgehead atoms. The van der Waals surface area contributed by atoms with E-state index in [2.05, 4.69) is 15.9 Å². The van der Waals surface area contributed by atoms with Crippen LogP contribution >= 0.6 is 15.9 Å². The predicted molar refractivity (Wildman–Crippen MR) is 95.5 cm³/mol. The van der Waals surface area contributed by atoms with Crippen molar-refractivity contribution in [3.05, 3.63) is 74.2 Å². The van der Waals surface area contributed by atoms with Crippen LogP contribution in [-0.2, 0) is 4.79 Å². The molecule has 2 aromatic carbocycles. The molecule has 4 rings (SSSR count). The SMILES string of the molecule is O=C1CC(c2ccc(Br)cc2)C2([N+](=O)[O-])COc3ccccc3C2C1. The van der Waals surface area contributed by atoms with E-state index in [-0.39, 0.29) is 30.2 Å². The number of Topliss-reactive ketones (excluding diaryl/α,β-unsaturated/α-hetero) is 1. The summed E-state index contributed by atoms with van der Waals surface area (Å²) in [6, 6.07) is 14.8. The minimum atomic E-state index is -1.32. The lowest BCUT2D eigenvalue weighted by Gasteiger charge is -2.45. The molecule has 25 heavy (non-hydrogen) atoms. The highest BCUT2D eigenvalue weighted by Gasteiger charge is 2.63. The lowest BCUT2D eigenvalue weighted by molar-refractivity contribution is -0.585. The number of benzene rings is 2. The molecule has 128 valence electrons. The highest BCUT2D eigenvalue weighted by Crippen LogP contribution is 2.54. The van der Waals surface area contributed by atoms with Crippen molar-refractivity contribution in [3.63, 3.8) is 0 Å². The smallest absolute Gasteiger partial charge is 0.269 e. The summed E-state index contributed by atoms with van der Waals surface area (Å²) in [5.74, 6) is -0.265. The second-order valence-electron chi connectivity index (χ2n) is 6.68. The fourth-order valence-electron chi connectivity index (χ4n) is 4.22. The maximum absolute atomic E-state index is 12.5. The van der Waals surface area contributed by atoms with Crippen LogP contribution in [0.2, 0.25) is 0 Å². The van der Waals surface area contributed by atoms with Crippen LogP contribution in [0.5, 0.6) is 5.75 Å². The molecule has 2 aliphatic rings. The monoisotopic (exact) mass is 401 g/mol. The zero-order valence-electron chi connectivity index (χ0n) is 13.4. The highest BCUT2D eigenvalue weighted by atomic mass is 79.9. The van der Waals surface area contributed by atoms with Gasteiger partial charge in [-0.1, -0.05) is 46.3 Å². The van der Waals surface area contributed by atoms with Crippen molar-refractivity contribution in [2.75, 3.05) is 6.61 Å². The molecule has 1 heterocycles. The largest absolute Gasteiger partial charge is 0.486 e. The molecule has 1 aliphatic carbocycles. The number of fused-ring (bicyclic) bond motifs is 3. The number of hydrogen-bond acceptors (Lipinski definition) is 4. The van der Waals surface area contributed by atoms with Crippen LogP contribution in [0, 0.1) is 10.1 Å². The molecule has 0 N–H and O–H groups in total. The summed E-state index contributed by atoms with van der Waals surface area (Å²) in [5, 5.41) is 12.3. The molecular formula is C19H16BrNO4. The van der Waals surface area contributed by atoms with Gasteiger partial charge in [-0.15, -0.1) is 0 Å². The maximum atomic E-state index is 12.5. The first-order chi connectivity index (χ1) is 12.0. The van der Waals surface area contributed by atoms with Gasteiger partial charge in [-0.3, -0.25) is 14.9 Å². The molecule has 6 heteroatoms. The standard InChI is InChI=1S/C19H16BrNO4/c20-13-7-5-12(6-8-13)16-9-14(22)10-17-15-3-1-2-4-18(15)25-11-19(16,17)21(23)24/h1-8,16-17H,9-11H2. The molecule has 0 spiro atoms. The van der Waals surface area contributed by atoms with E-state index in [0.717, 1.165) is 15.6 Å². The van der Waals surface area contributed by atoms with Crippen molar-refractivity contribution >= 4 is 21.7 Å². The minimum Gasteiger partial charge on any atom is -0.486 e. The average molecular weight is 402 g/mol. The number of rotatable bonds is 2. The van der Waals surface area contributed by atoms with Gasteiger partial charge in [0.05, 0.1) is 11.8 Å². The number of nitro groups is 1. The van der Waals surface area contributed by atoms with Crippen LogP contribution in [0.3, 0.4) is 0 Å². The number of carbonyl (C=O) groups is 1. The van der Waals surface area contributed by atoms with Gasteiger partial charge in [0, 0.05) is 27.8 Å². The molecule has 0 amide bonds. The van der Waals surface area contributed by atoms with Gasteiger partial charge >= 0.3 is 0 Å². The summed E-state index contributed by atoms with van der Waals surface area (Å²) in [4.78, 5) is 24.5. The summed E-state index contributed by atoms with van der Waals surface area (Å²) in [5.41, 5.74) is 0.248. The van der Waals surface area contributed by atoms with Crippen LogP contribution < -0.4 is 4.74 Å². The Labute approximate surface area is 153 Å². The second kappa shape index (κ2) is 5.95. The van der Waals surface area contributed by atoms with Gasteiger partial charge in [0.2, 0.25) is 0 Å². The van der Waals surface area contributed by atoms with E-state index in [1.54, 1.807) is 0 Å². The Morgan fingerprint density at radius 2 is 1.76 bits per heavy atom. The van der Waals surface area contributed by atoms with Crippen molar-refractivity contribution in [1.82, 2.24) is 0 Å². The van der Waals surface area contributed by atoms with Crippen molar-refractivity contribution in [2.24, 2.45) is 0 Å². The molecule has 0 saturated heterocycles. The third-order valence-electron chi connectivity index (χ3n) is 5.44. The first-order valence-electron chi connectivity index (χ1n) is 8.16. The number of carbonyl (C=O) groups excluding carboxylic acids is 1. The van der Waals surface area contributed by atoms with E-state index in [9.17, 15) is 14.9 Å². The Morgan fingerprint density at radius 1 is 1.08 bits per heavy atom. The molecule has 2 aromatic rings. The maximum Gasteiger partial charge on any atom is 0.269 e. The molecule has 0 aromatic heterocycles. The van der Waals surface area contributed by atoms with Crippen LogP contribution in [0.1, 0.15) is 35.8 Å². The van der Waals surface area contributed by atoms with Crippen LogP contribution in [0.25, 0.3) is 0 Å². The van der Waals surface area contributed by atoms with E-state index in [1.165, 1.54) is 0 Å². The van der Waals surface area contributed by atoms with Crippen LogP contribution in [-0.4, -0.2) is 22.9 Å². The van der Waals surface area contributed by atoms with Gasteiger partial charge in [0.25, 0.3) is 5.54 Å². The quantitative estimate of drug-likeness (QED) is 0.561. The van der Waals surface area contributed by atoms with Crippen LogP contribution in [0.15, 0.2) is 53.0 Å². The molecule has 1 fully saturated rings. The number of ketones is 1. The zero-order valence-corrected chi connectivity index (χ0v) is 14.9. The summed E-state index contributed by atoms with van der Waals surface area (Å²) < 4.78 is 6.70. The van der Waals surface area contributed by atoms with Gasteiger partial charge in [-0.25, -0.2) is 0 Å². The zero-order chi connectivity index (χ0) is 17.6. The Kier molecular flexibility index (Phi) is 3.87. The fraction of sp³-hybridized carbons (Fsp3) is 0.316. The topological polar surface area (TPSA) is 69.4 Å². The first kappa shape index (κ1) is 16.3. The van der Waals surface area contributed by atoms with Crippen LogP contribution in [0.4, 0.5) is 0 Å². The van der Waals surface area contributed by atoms with E-state index in [4.69, 9.17) is 4.74 Å². The van der Waals surface area contributed by atoms with Gasteiger partial charge in [-0.05, 0) is 23.8 Å². The molecule has 1 aliphatic heterocycles. The highest BCUT2D eigenvalue weighted by molar-refractivity contribution is 9.10. The lowest BCUT2D eigenvalue weighted by atomic mass is 9.61. The predicted octanol–water partition coefficient (Wildman–Crippen LogP) is 4.09. The molecule has 5 nitrogen and oxygen atoms in total. The van der Waals surface area contributed by atoms with Gasteiger partial charge in [0.1, 0.15) is 11.5 Å². The van der Waals surface area contributed by atoms with Crippen molar-refractivity contribution in [3.8, 4) is 5.75 Å². The normalized spacial score (nSPS) is 27.8. The van der Waals surface area contributed by atoms with E-state index >= 15 is 0 Å². The Balaban J connectivity index is 1.89. The van der Waals surface area contributed by atoms with Crippen molar-refractivity contribution < 1.29 is 14.5 Å². The molecule has 1 saturated carbocycles. The Morgan fingerprint density at radius 3 is 2.48 bits per heavy atom. The van der Waals surface area contributed by atoms with Crippen molar-refractivity contribution in [1.29, 1.82) is 0 Å². The van der Waals surface area contributed by atoms with Crippen molar-refractivity contribution in [2.45, 2.75) is 30.2 Å². The third kappa shape index (κ3) is 2.47. The number of hydrogen-bond donors (Lipinski definition) is 0. The third-order valence-corrected chi connectivity index (χ3v) is 5.96.